The Morgan fingerprint density at radius 1 is 1.12 bits per heavy atom. The predicted octanol–water partition coefficient (Wildman–Crippen LogP) is 4.77. The van der Waals surface area contributed by atoms with Crippen molar-refractivity contribution in [1.82, 2.24) is 9.78 Å². The molecule has 0 radical (unpaired) electrons. The third kappa shape index (κ3) is 2.58. The molecule has 0 aliphatic heterocycles. The summed E-state index contributed by atoms with van der Waals surface area (Å²) >= 11 is 19.8. The summed E-state index contributed by atoms with van der Waals surface area (Å²) in [6.07, 6.45) is 1.97. The molecule has 90 valence electrons. The maximum absolute atomic E-state index is 6.18. The Morgan fingerprint density at radius 3 is 2.18 bits per heavy atom. The summed E-state index contributed by atoms with van der Waals surface area (Å²) in [5.74, 6) is 0. The standard InChI is InChI=1S/C11H9Cl3N2S/c1-16-9(5-10(15-16)17-2)11-7(13)3-6(12)4-8(11)14/h3-5H,1-2H3. The van der Waals surface area contributed by atoms with Crippen molar-refractivity contribution in [1.29, 1.82) is 0 Å². The van der Waals surface area contributed by atoms with E-state index in [9.17, 15) is 0 Å². The van der Waals surface area contributed by atoms with E-state index in [0.29, 0.717) is 15.1 Å². The molecule has 1 aromatic heterocycles. The summed E-state index contributed by atoms with van der Waals surface area (Å²) in [6, 6.07) is 5.30. The zero-order valence-corrected chi connectivity index (χ0v) is 12.3. The van der Waals surface area contributed by atoms with Gasteiger partial charge in [-0.05, 0) is 24.5 Å². The number of halogens is 3. The molecular formula is C11H9Cl3N2S. The van der Waals surface area contributed by atoms with E-state index in [1.54, 1.807) is 28.6 Å². The van der Waals surface area contributed by atoms with E-state index in [-0.39, 0.29) is 0 Å². The van der Waals surface area contributed by atoms with Crippen LogP contribution in [0.5, 0.6) is 0 Å². The second kappa shape index (κ2) is 5.11. The first-order valence-electron chi connectivity index (χ1n) is 4.76. The number of hydrogen-bond acceptors (Lipinski definition) is 2. The molecule has 1 heterocycles. The number of nitrogens with zero attached hydrogens (tertiary/aromatic N) is 2. The normalized spacial score (nSPS) is 10.9. The molecule has 0 saturated carbocycles. The average molecular weight is 308 g/mol. The van der Waals surface area contributed by atoms with Gasteiger partial charge in [0.15, 0.2) is 0 Å². The molecule has 2 rings (SSSR count). The molecule has 0 aliphatic rings. The van der Waals surface area contributed by atoms with Crippen molar-refractivity contribution < 1.29 is 0 Å². The van der Waals surface area contributed by atoms with Gasteiger partial charge in [0.25, 0.3) is 0 Å². The van der Waals surface area contributed by atoms with Crippen molar-refractivity contribution in [2.24, 2.45) is 7.05 Å². The highest BCUT2D eigenvalue weighted by atomic mass is 35.5. The van der Waals surface area contributed by atoms with Gasteiger partial charge in [0.2, 0.25) is 0 Å². The van der Waals surface area contributed by atoms with E-state index >= 15 is 0 Å². The molecule has 17 heavy (non-hydrogen) atoms. The van der Waals surface area contributed by atoms with Gasteiger partial charge in [0, 0.05) is 17.6 Å². The SMILES string of the molecule is CSc1cc(-c2c(Cl)cc(Cl)cc2Cl)n(C)n1. The first kappa shape index (κ1) is 13.1. The number of thioether (sulfide) groups is 1. The first-order chi connectivity index (χ1) is 8.02. The van der Waals surface area contributed by atoms with E-state index < -0.39 is 0 Å². The average Bonchev–Trinajstić information content (AvgIpc) is 2.59. The van der Waals surface area contributed by atoms with Crippen LogP contribution in [0.1, 0.15) is 0 Å². The molecule has 0 fully saturated rings. The van der Waals surface area contributed by atoms with Crippen LogP contribution in [0.2, 0.25) is 15.1 Å². The number of benzene rings is 1. The Hall–Kier alpha value is -0.350. The number of rotatable bonds is 2. The Labute approximate surface area is 119 Å². The molecule has 0 N–H and O–H groups in total. The largest absolute Gasteiger partial charge is 0.267 e. The molecule has 0 amide bonds. The molecule has 6 heteroatoms. The van der Waals surface area contributed by atoms with Crippen LogP contribution in [0.4, 0.5) is 0 Å². The summed E-state index contributed by atoms with van der Waals surface area (Å²) < 4.78 is 1.76. The van der Waals surface area contributed by atoms with Gasteiger partial charge in [-0.25, -0.2) is 0 Å². The van der Waals surface area contributed by atoms with Crippen LogP contribution in [-0.4, -0.2) is 16.0 Å². The third-order valence-electron chi connectivity index (χ3n) is 2.33. The molecule has 1 aromatic carbocycles. The lowest BCUT2D eigenvalue weighted by molar-refractivity contribution is 0.745. The molecule has 0 aliphatic carbocycles. The van der Waals surface area contributed by atoms with Crippen LogP contribution in [0, 0.1) is 0 Å². The van der Waals surface area contributed by atoms with Crippen LogP contribution in [0.3, 0.4) is 0 Å². The highest BCUT2D eigenvalue weighted by Gasteiger charge is 2.15. The van der Waals surface area contributed by atoms with Gasteiger partial charge < -0.3 is 0 Å². The van der Waals surface area contributed by atoms with Crippen molar-refractivity contribution >= 4 is 46.6 Å². The minimum Gasteiger partial charge on any atom is -0.267 e. The molecule has 0 unspecified atom stereocenters. The van der Waals surface area contributed by atoms with Crippen molar-refractivity contribution in [2.45, 2.75) is 5.03 Å². The van der Waals surface area contributed by atoms with Crippen LogP contribution in [0.25, 0.3) is 11.3 Å². The molecule has 2 nitrogen and oxygen atoms in total. The maximum Gasteiger partial charge on any atom is 0.118 e. The first-order valence-corrected chi connectivity index (χ1v) is 7.11. The molecule has 0 bridgehead atoms. The quantitative estimate of drug-likeness (QED) is 0.744. The third-order valence-corrected chi connectivity index (χ3v) is 3.76. The Bertz CT molecular complexity index is 543. The van der Waals surface area contributed by atoms with Gasteiger partial charge >= 0.3 is 0 Å². The van der Waals surface area contributed by atoms with E-state index in [1.807, 2.05) is 19.4 Å². The van der Waals surface area contributed by atoms with Gasteiger partial charge in [0.05, 0.1) is 15.7 Å². The maximum atomic E-state index is 6.18. The smallest absolute Gasteiger partial charge is 0.118 e. The minimum atomic E-state index is 0.524. The Kier molecular flexibility index (Phi) is 3.93. The lowest BCUT2D eigenvalue weighted by atomic mass is 10.1. The summed E-state index contributed by atoms with van der Waals surface area (Å²) in [7, 11) is 1.86. The van der Waals surface area contributed by atoms with Crippen LogP contribution >= 0.6 is 46.6 Å². The Balaban J connectivity index is 2.63. The summed E-state index contributed by atoms with van der Waals surface area (Å²) in [5.41, 5.74) is 1.63. The van der Waals surface area contributed by atoms with E-state index in [0.717, 1.165) is 16.3 Å². The summed E-state index contributed by atoms with van der Waals surface area (Å²) in [6.45, 7) is 0. The second-order valence-electron chi connectivity index (χ2n) is 3.44. The van der Waals surface area contributed by atoms with Gasteiger partial charge in [-0.2, -0.15) is 5.10 Å². The molecular weight excluding hydrogens is 299 g/mol. The van der Waals surface area contributed by atoms with Crippen LogP contribution < -0.4 is 0 Å². The zero-order chi connectivity index (χ0) is 12.6. The highest BCUT2D eigenvalue weighted by Crippen LogP contribution is 2.37. The number of aromatic nitrogens is 2. The van der Waals surface area contributed by atoms with Gasteiger partial charge in [-0.3, -0.25) is 4.68 Å². The molecule has 2 aromatic rings. The van der Waals surface area contributed by atoms with Crippen molar-refractivity contribution in [3.8, 4) is 11.3 Å². The van der Waals surface area contributed by atoms with Crippen LogP contribution in [0.15, 0.2) is 23.2 Å². The minimum absolute atomic E-state index is 0.524. The number of hydrogen-bond donors (Lipinski definition) is 0. The fraction of sp³-hybridized carbons (Fsp3) is 0.182. The molecule has 0 atom stereocenters. The lowest BCUT2D eigenvalue weighted by Gasteiger charge is -2.07. The number of aryl methyl sites for hydroxylation is 1. The van der Waals surface area contributed by atoms with Crippen molar-refractivity contribution in [2.75, 3.05) is 6.26 Å². The van der Waals surface area contributed by atoms with E-state index in [4.69, 9.17) is 34.8 Å². The van der Waals surface area contributed by atoms with Gasteiger partial charge in [-0.15, -0.1) is 11.8 Å². The van der Waals surface area contributed by atoms with E-state index in [1.165, 1.54) is 0 Å². The van der Waals surface area contributed by atoms with Crippen LogP contribution in [-0.2, 0) is 7.05 Å². The fourth-order valence-corrected chi connectivity index (χ4v) is 3.01. The molecule has 0 saturated heterocycles. The second-order valence-corrected chi connectivity index (χ2v) is 5.52. The predicted molar refractivity (Wildman–Crippen MR) is 75.5 cm³/mol. The topological polar surface area (TPSA) is 17.8 Å². The highest BCUT2D eigenvalue weighted by molar-refractivity contribution is 7.98. The summed E-state index contributed by atoms with van der Waals surface area (Å²) in [4.78, 5) is 0. The van der Waals surface area contributed by atoms with Crippen molar-refractivity contribution in [3.05, 3.63) is 33.3 Å². The summed E-state index contributed by atoms with van der Waals surface area (Å²) in [5, 5.41) is 6.84. The van der Waals surface area contributed by atoms with Crippen molar-refractivity contribution in [3.63, 3.8) is 0 Å². The van der Waals surface area contributed by atoms with Gasteiger partial charge in [-0.1, -0.05) is 34.8 Å². The monoisotopic (exact) mass is 306 g/mol. The fourth-order valence-electron chi connectivity index (χ4n) is 1.56. The molecule has 0 spiro atoms. The lowest BCUT2D eigenvalue weighted by Crippen LogP contribution is -1.94. The zero-order valence-electron chi connectivity index (χ0n) is 9.17. The Morgan fingerprint density at radius 2 is 1.71 bits per heavy atom. The van der Waals surface area contributed by atoms with E-state index in [2.05, 4.69) is 5.10 Å². The van der Waals surface area contributed by atoms with Gasteiger partial charge in [0.1, 0.15) is 5.03 Å².